The maximum atomic E-state index is 12.6. The molecule has 0 atom stereocenters. The number of carbonyl (C=O) groups excluding carboxylic acids is 1. The molecule has 0 radical (unpaired) electrons. The third-order valence-corrected chi connectivity index (χ3v) is 21.2. The standard InChI is InChI=1S/C11H10NO2.3C4H9.Sn/c13-11-12(8-9-14-11)7-6-10-4-2-1-3-5-10;3*1-3-4-2;/h1-6H,8-9H2;3*1,3-4H2,2H3;. The first-order valence-corrected chi connectivity index (χ1v) is 18.4. The summed E-state index contributed by atoms with van der Waals surface area (Å²) in [6.45, 7) is 8.13. The van der Waals surface area contributed by atoms with E-state index in [4.69, 9.17) is 4.74 Å². The van der Waals surface area contributed by atoms with Gasteiger partial charge in [-0.1, -0.05) is 0 Å². The zero-order chi connectivity index (χ0) is 19.5. The van der Waals surface area contributed by atoms with E-state index in [1.165, 1.54) is 61.1 Å². The van der Waals surface area contributed by atoms with E-state index in [0.717, 1.165) is 6.54 Å². The van der Waals surface area contributed by atoms with Gasteiger partial charge in [-0.15, -0.1) is 0 Å². The number of cyclic esters (lactones) is 1. The van der Waals surface area contributed by atoms with Crippen LogP contribution >= 0.6 is 0 Å². The summed E-state index contributed by atoms with van der Waals surface area (Å²) < 4.78 is 10.8. The quantitative estimate of drug-likeness (QED) is 0.307. The number of carbonyl (C=O) groups is 1. The predicted octanol–water partition coefficient (Wildman–Crippen LogP) is 6.87. The summed E-state index contributed by atoms with van der Waals surface area (Å²) in [6, 6.07) is 10.6. The van der Waals surface area contributed by atoms with Crippen LogP contribution in [0.3, 0.4) is 0 Å². The summed E-state index contributed by atoms with van der Waals surface area (Å²) >= 11 is -2.74. The first-order valence-electron chi connectivity index (χ1n) is 10.9. The Bertz CT molecular complexity index is 578. The van der Waals surface area contributed by atoms with Gasteiger partial charge in [0, 0.05) is 0 Å². The number of rotatable bonds is 12. The van der Waals surface area contributed by atoms with Gasteiger partial charge in [-0.2, -0.15) is 0 Å². The van der Waals surface area contributed by atoms with Gasteiger partial charge in [0.05, 0.1) is 0 Å². The average Bonchev–Trinajstić information content (AvgIpc) is 3.12. The molecule has 150 valence electrons. The normalized spacial score (nSPS) is 15.3. The Hall–Kier alpha value is -0.971. The topological polar surface area (TPSA) is 29.5 Å². The van der Waals surface area contributed by atoms with Crippen LogP contribution in [0, 0.1) is 0 Å². The summed E-state index contributed by atoms with van der Waals surface area (Å²) in [5.74, 6) is 0. The van der Waals surface area contributed by atoms with Crippen molar-refractivity contribution in [3.63, 3.8) is 0 Å². The summed E-state index contributed by atoms with van der Waals surface area (Å²) in [7, 11) is 0. The summed E-state index contributed by atoms with van der Waals surface area (Å²) in [4.78, 5) is 14.6. The van der Waals surface area contributed by atoms with Gasteiger partial charge in [0.1, 0.15) is 0 Å². The molecule has 1 saturated heterocycles. The molecule has 0 N–H and O–H groups in total. The molecule has 27 heavy (non-hydrogen) atoms. The molecule has 1 amide bonds. The third-order valence-electron chi connectivity index (χ3n) is 5.72. The third kappa shape index (κ3) is 6.26. The Morgan fingerprint density at radius 3 is 2.00 bits per heavy atom. The first kappa shape index (κ1) is 22.3. The Kier molecular flexibility index (Phi) is 9.74. The molecule has 0 aliphatic carbocycles. The molecule has 0 saturated carbocycles. The van der Waals surface area contributed by atoms with E-state index >= 15 is 0 Å². The zero-order valence-corrected chi connectivity index (χ0v) is 20.4. The number of hydrogen-bond donors (Lipinski definition) is 0. The Labute approximate surface area is 170 Å². The van der Waals surface area contributed by atoms with Crippen LogP contribution in [0.15, 0.2) is 34.0 Å². The fourth-order valence-electron chi connectivity index (χ4n) is 4.14. The molecule has 0 unspecified atom stereocenters. The fourth-order valence-corrected chi connectivity index (χ4v) is 20.9. The Morgan fingerprint density at radius 2 is 1.56 bits per heavy atom. The molecule has 0 bridgehead atoms. The molecule has 1 aromatic rings. The molecule has 0 aromatic heterocycles. The van der Waals surface area contributed by atoms with Crippen LogP contribution in [0.5, 0.6) is 0 Å². The number of ether oxygens (including phenoxy) is 1. The average molecular weight is 478 g/mol. The SMILES string of the molecule is CCC[CH2][Sn]([CH2]CCC)([CH2]CCC)/[C](=C/c1ccccc1)N1CCOC1=O. The molecule has 3 nitrogen and oxygen atoms in total. The van der Waals surface area contributed by atoms with Gasteiger partial charge >= 0.3 is 170 Å². The van der Waals surface area contributed by atoms with Gasteiger partial charge < -0.3 is 0 Å². The van der Waals surface area contributed by atoms with Crippen LogP contribution in [0.1, 0.15) is 64.9 Å². The van der Waals surface area contributed by atoms with Crippen molar-refractivity contribution < 1.29 is 9.53 Å². The van der Waals surface area contributed by atoms with Crippen LogP contribution in [-0.2, 0) is 4.74 Å². The number of unbranched alkanes of at least 4 members (excludes halogenated alkanes) is 3. The Morgan fingerprint density at radius 1 is 1.00 bits per heavy atom. The molecule has 1 aliphatic rings. The number of nitrogens with zero attached hydrogens (tertiary/aromatic N) is 1. The van der Waals surface area contributed by atoms with E-state index in [-0.39, 0.29) is 6.09 Å². The van der Waals surface area contributed by atoms with Crippen LogP contribution in [-0.4, -0.2) is 42.5 Å². The first-order chi connectivity index (χ1) is 13.2. The van der Waals surface area contributed by atoms with E-state index < -0.39 is 18.4 Å². The second kappa shape index (κ2) is 11.8. The van der Waals surface area contributed by atoms with Crippen LogP contribution in [0.2, 0.25) is 13.3 Å². The van der Waals surface area contributed by atoms with E-state index in [1.807, 2.05) is 4.90 Å². The molecule has 4 heteroatoms. The van der Waals surface area contributed by atoms with Crippen LogP contribution in [0.4, 0.5) is 4.79 Å². The van der Waals surface area contributed by atoms with E-state index in [9.17, 15) is 4.79 Å². The van der Waals surface area contributed by atoms with Crippen LogP contribution < -0.4 is 0 Å². The van der Waals surface area contributed by atoms with Crippen molar-refractivity contribution >= 4 is 30.5 Å². The van der Waals surface area contributed by atoms with Gasteiger partial charge in [-0.3, -0.25) is 0 Å². The van der Waals surface area contributed by atoms with Crippen molar-refractivity contribution in [3.8, 4) is 0 Å². The van der Waals surface area contributed by atoms with E-state index in [2.05, 4.69) is 57.2 Å². The Balaban J connectivity index is 2.51. The van der Waals surface area contributed by atoms with E-state index in [1.54, 1.807) is 0 Å². The summed E-state index contributed by atoms with van der Waals surface area (Å²) in [5.41, 5.74) is 1.22. The van der Waals surface area contributed by atoms with Crippen molar-refractivity contribution in [1.29, 1.82) is 0 Å². The van der Waals surface area contributed by atoms with Crippen molar-refractivity contribution in [2.45, 2.75) is 72.6 Å². The van der Waals surface area contributed by atoms with Crippen molar-refractivity contribution in [2.75, 3.05) is 13.2 Å². The van der Waals surface area contributed by atoms with Crippen molar-refractivity contribution in [3.05, 3.63) is 39.6 Å². The maximum absolute atomic E-state index is 12.6. The molecular weight excluding hydrogens is 441 g/mol. The number of amides is 1. The van der Waals surface area contributed by atoms with Crippen molar-refractivity contribution in [1.82, 2.24) is 4.90 Å². The summed E-state index contributed by atoms with van der Waals surface area (Å²) in [5, 5.41) is 0. The van der Waals surface area contributed by atoms with E-state index in [0.29, 0.717) is 6.61 Å². The molecule has 1 fully saturated rings. The molecule has 0 spiro atoms. The minimum absolute atomic E-state index is 0.122. The van der Waals surface area contributed by atoms with Crippen LogP contribution in [0.25, 0.3) is 6.08 Å². The summed E-state index contributed by atoms with van der Waals surface area (Å²) in [6.07, 6.45) is 9.81. The molecule has 1 aromatic carbocycles. The molecule has 1 aliphatic heterocycles. The minimum atomic E-state index is -2.74. The molecular formula is C23H37NO2Sn. The number of benzene rings is 1. The fraction of sp³-hybridized carbons (Fsp3) is 0.609. The number of hydrogen-bond acceptors (Lipinski definition) is 2. The van der Waals surface area contributed by atoms with Gasteiger partial charge in [0.15, 0.2) is 0 Å². The molecule has 1 heterocycles. The van der Waals surface area contributed by atoms with Gasteiger partial charge in [0.25, 0.3) is 0 Å². The second-order valence-corrected chi connectivity index (χ2v) is 20.8. The predicted molar refractivity (Wildman–Crippen MR) is 117 cm³/mol. The van der Waals surface area contributed by atoms with Gasteiger partial charge in [0.2, 0.25) is 0 Å². The van der Waals surface area contributed by atoms with Gasteiger partial charge in [-0.25, -0.2) is 0 Å². The zero-order valence-electron chi connectivity index (χ0n) is 17.5. The second-order valence-electron chi connectivity index (χ2n) is 7.80. The van der Waals surface area contributed by atoms with Gasteiger partial charge in [-0.05, 0) is 0 Å². The monoisotopic (exact) mass is 479 g/mol. The molecule has 2 rings (SSSR count). The van der Waals surface area contributed by atoms with Crippen molar-refractivity contribution in [2.24, 2.45) is 0 Å².